The number of hydrogen-bond donors (Lipinski definition) is 1. The molecule has 6 heteroatoms. The van der Waals surface area contributed by atoms with Gasteiger partial charge in [-0.2, -0.15) is 0 Å². The first-order valence-electron chi connectivity index (χ1n) is 6.38. The van der Waals surface area contributed by atoms with Gasteiger partial charge in [0.2, 0.25) is 0 Å². The normalized spacial score (nSPS) is 11.6. The molecular formula is C14H18BrNO4. The van der Waals surface area contributed by atoms with E-state index in [1.165, 1.54) is 0 Å². The first-order chi connectivity index (χ1) is 9.52. The van der Waals surface area contributed by atoms with Crippen molar-refractivity contribution in [1.29, 1.82) is 0 Å². The number of ether oxygens (including phenoxy) is 2. The lowest BCUT2D eigenvalue weighted by atomic mass is 10.3. The van der Waals surface area contributed by atoms with E-state index in [4.69, 9.17) is 9.47 Å². The minimum atomic E-state index is -0.627. The van der Waals surface area contributed by atoms with Crippen LogP contribution in [-0.2, 0) is 14.3 Å². The zero-order chi connectivity index (χ0) is 15.0. The van der Waals surface area contributed by atoms with Crippen LogP contribution in [0.4, 0.5) is 0 Å². The third-order valence-electron chi connectivity index (χ3n) is 2.43. The predicted octanol–water partition coefficient (Wildman–Crippen LogP) is 2.29. The van der Waals surface area contributed by atoms with Gasteiger partial charge in [0.25, 0.3) is 5.91 Å². The summed E-state index contributed by atoms with van der Waals surface area (Å²) in [7, 11) is 0. The van der Waals surface area contributed by atoms with Gasteiger partial charge in [-0.05, 0) is 38.1 Å². The quantitative estimate of drug-likeness (QED) is 0.771. The molecule has 1 atom stereocenters. The molecule has 5 nitrogen and oxygen atoms in total. The van der Waals surface area contributed by atoms with E-state index in [9.17, 15) is 9.59 Å². The summed E-state index contributed by atoms with van der Waals surface area (Å²) in [5.41, 5.74) is 0. The number of rotatable bonds is 7. The standard InChI is InChI=1S/C14H18BrNO4/c1-3-19-13(17)8-9-16-14(18)10(2)20-12-6-4-11(15)5-7-12/h4-7,10H,3,8-9H2,1-2H3,(H,16,18). The van der Waals surface area contributed by atoms with E-state index >= 15 is 0 Å². The van der Waals surface area contributed by atoms with Crippen molar-refractivity contribution in [3.63, 3.8) is 0 Å². The number of nitrogens with one attached hydrogen (secondary N) is 1. The van der Waals surface area contributed by atoms with Gasteiger partial charge in [-0.15, -0.1) is 0 Å². The molecule has 20 heavy (non-hydrogen) atoms. The maximum Gasteiger partial charge on any atom is 0.307 e. The van der Waals surface area contributed by atoms with Gasteiger partial charge >= 0.3 is 5.97 Å². The summed E-state index contributed by atoms with van der Waals surface area (Å²) in [6.07, 6.45) is -0.469. The number of carbonyl (C=O) groups is 2. The largest absolute Gasteiger partial charge is 0.481 e. The average molecular weight is 344 g/mol. The second-order valence-corrected chi connectivity index (χ2v) is 4.98. The summed E-state index contributed by atoms with van der Waals surface area (Å²) in [5, 5.41) is 2.63. The van der Waals surface area contributed by atoms with E-state index in [0.717, 1.165) is 4.47 Å². The van der Waals surface area contributed by atoms with Crippen molar-refractivity contribution in [3.05, 3.63) is 28.7 Å². The number of amides is 1. The van der Waals surface area contributed by atoms with E-state index in [2.05, 4.69) is 21.2 Å². The molecule has 0 fully saturated rings. The summed E-state index contributed by atoms with van der Waals surface area (Å²) < 4.78 is 11.2. The fourth-order valence-corrected chi connectivity index (χ4v) is 1.70. The number of halogens is 1. The molecule has 1 aromatic carbocycles. The fraction of sp³-hybridized carbons (Fsp3) is 0.429. The van der Waals surface area contributed by atoms with Crippen LogP contribution >= 0.6 is 15.9 Å². The van der Waals surface area contributed by atoms with Crippen LogP contribution in [-0.4, -0.2) is 31.1 Å². The van der Waals surface area contributed by atoms with Crippen molar-refractivity contribution in [2.24, 2.45) is 0 Å². The van der Waals surface area contributed by atoms with Crippen LogP contribution in [0.25, 0.3) is 0 Å². The van der Waals surface area contributed by atoms with Crippen molar-refractivity contribution >= 4 is 27.8 Å². The van der Waals surface area contributed by atoms with E-state index in [0.29, 0.717) is 12.4 Å². The van der Waals surface area contributed by atoms with E-state index < -0.39 is 6.10 Å². The zero-order valence-corrected chi connectivity index (χ0v) is 13.1. The summed E-state index contributed by atoms with van der Waals surface area (Å²) in [6.45, 7) is 3.98. The van der Waals surface area contributed by atoms with Crippen LogP contribution in [0.1, 0.15) is 20.3 Å². The highest BCUT2D eigenvalue weighted by Crippen LogP contribution is 2.17. The van der Waals surface area contributed by atoms with E-state index in [-0.39, 0.29) is 24.8 Å². The van der Waals surface area contributed by atoms with Gasteiger partial charge in [0.05, 0.1) is 13.0 Å². The number of carbonyl (C=O) groups excluding carboxylic acids is 2. The second-order valence-electron chi connectivity index (χ2n) is 4.06. The Hall–Kier alpha value is -1.56. The van der Waals surface area contributed by atoms with Crippen LogP contribution < -0.4 is 10.1 Å². The lowest BCUT2D eigenvalue weighted by molar-refractivity contribution is -0.143. The molecule has 110 valence electrons. The van der Waals surface area contributed by atoms with Crippen molar-refractivity contribution in [3.8, 4) is 5.75 Å². The van der Waals surface area contributed by atoms with Gasteiger partial charge in [-0.25, -0.2) is 0 Å². The maximum absolute atomic E-state index is 11.8. The lowest BCUT2D eigenvalue weighted by Gasteiger charge is -2.14. The van der Waals surface area contributed by atoms with Gasteiger partial charge in [0.1, 0.15) is 5.75 Å². The number of hydrogen-bond acceptors (Lipinski definition) is 4. The van der Waals surface area contributed by atoms with Crippen LogP contribution in [0, 0.1) is 0 Å². The van der Waals surface area contributed by atoms with E-state index in [1.807, 2.05) is 12.1 Å². The molecule has 0 saturated carbocycles. The average Bonchev–Trinajstić information content (AvgIpc) is 2.41. The van der Waals surface area contributed by atoms with Crippen LogP contribution in [0.5, 0.6) is 5.75 Å². The smallest absolute Gasteiger partial charge is 0.307 e. The molecular weight excluding hydrogens is 326 g/mol. The highest BCUT2D eigenvalue weighted by atomic mass is 79.9. The Kier molecular flexibility index (Phi) is 7.08. The first kappa shape index (κ1) is 16.5. The molecule has 1 N–H and O–H groups in total. The Morgan fingerprint density at radius 3 is 2.55 bits per heavy atom. The van der Waals surface area contributed by atoms with Gasteiger partial charge in [-0.3, -0.25) is 9.59 Å². The molecule has 1 aromatic rings. The summed E-state index contributed by atoms with van der Waals surface area (Å²) in [6, 6.07) is 7.21. The van der Waals surface area contributed by atoms with Crippen LogP contribution in [0.3, 0.4) is 0 Å². The topological polar surface area (TPSA) is 64.6 Å². The molecule has 0 aromatic heterocycles. The predicted molar refractivity (Wildman–Crippen MR) is 78.5 cm³/mol. The molecule has 0 bridgehead atoms. The molecule has 0 spiro atoms. The minimum Gasteiger partial charge on any atom is -0.481 e. The third kappa shape index (κ3) is 6.06. The van der Waals surface area contributed by atoms with Crippen molar-refractivity contribution < 1.29 is 19.1 Å². The molecule has 1 unspecified atom stereocenters. The summed E-state index contributed by atoms with van der Waals surface area (Å²) in [5.74, 6) is 0.0211. The fourth-order valence-electron chi connectivity index (χ4n) is 1.44. The van der Waals surface area contributed by atoms with Gasteiger partial charge in [0.15, 0.2) is 6.10 Å². The summed E-state index contributed by atoms with van der Waals surface area (Å²) >= 11 is 3.32. The second kappa shape index (κ2) is 8.58. The summed E-state index contributed by atoms with van der Waals surface area (Å²) in [4.78, 5) is 22.9. The Bertz CT molecular complexity index is 447. The molecule has 0 aliphatic heterocycles. The Morgan fingerprint density at radius 1 is 1.30 bits per heavy atom. The minimum absolute atomic E-state index is 0.157. The molecule has 0 aliphatic rings. The van der Waals surface area contributed by atoms with Gasteiger partial charge < -0.3 is 14.8 Å². The highest BCUT2D eigenvalue weighted by molar-refractivity contribution is 9.10. The molecule has 0 radical (unpaired) electrons. The lowest BCUT2D eigenvalue weighted by Crippen LogP contribution is -2.37. The van der Waals surface area contributed by atoms with Gasteiger partial charge in [-0.1, -0.05) is 15.9 Å². The molecule has 1 rings (SSSR count). The van der Waals surface area contributed by atoms with Crippen LogP contribution in [0.2, 0.25) is 0 Å². The Balaban J connectivity index is 2.32. The number of benzene rings is 1. The number of esters is 1. The third-order valence-corrected chi connectivity index (χ3v) is 2.96. The monoisotopic (exact) mass is 343 g/mol. The van der Waals surface area contributed by atoms with Crippen molar-refractivity contribution in [1.82, 2.24) is 5.32 Å². The zero-order valence-electron chi connectivity index (χ0n) is 11.5. The van der Waals surface area contributed by atoms with E-state index in [1.54, 1.807) is 26.0 Å². The van der Waals surface area contributed by atoms with Crippen molar-refractivity contribution in [2.45, 2.75) is 26.4 Å². The van der Waals surface area contributed by atoms with Gasteiger partial charge in [0, 0.05) is 11.0 Å². The van der Waals surface area contributed by atoms with Crippen LogP contribution in [0.15, 0.2) is 28.7 Å². The Morgan fingerprint density at radius 2 is 1.95 bits per heavy atom. The Labute approximate surface area is 126 Å². The molecule has 1 amide bonds. The maximum atomic E-state index is 11.8. The molecule has 0 heterocycles. The van der Waals surface area contributed by atoms with Crippen molar-refractivity contribution in [2.75, 3.05) is 13.2 Å². The molecule has 0 saturated heterocycles. The highest BCUT2D eigenvalue weighted by Gasteiger charge is 2.14. The molecule has 0 aliphatic carbocycles. The SMILES string of the molecule is CCOC(=O)CCNC(=O)C(C)Oc1ccc(Br)cc1. The first-order valence-corrected chi connectivity index (χ1v) is 7.17.